The molecule has 8 nitrogen and oxygen atoms in total. The molecule has 4 rings (SSSR count). The van der Waals surface area contributed by atoms with Gasteiger partial charge < -0.3 is 14.5 Å². The Bertz CT molecular complexity index is 1700. The molecule has 0 aliphatic heterocycles. The first kappa shape index (κ1) is 30.0. The third kappa shape index (κ3) is 6.36. The smallest absolute Gasteiger partial charge is 0.265 e. The second-order valence-electron chi connectivity index (χ2n) is 10.8. The van der Waals surface area contributed by atoms with E-state index in [0.717, 1.165) is 5.56 Å². The number of hydrogen-bond donors (Lipinski definition) is 1. The Labute approximate surface area is 241 Å². The van der Waals surface area contributed by atoms with Gasteiger partial charge in [0.05, 0.1) is 10.3 Å². The number of rotatable bonds is 9. The quantitative estimate of drug-likeness (QED) is 0.255. The van der Waals surface area contributed by atoms with Crippen LogP contribution in [0.15, 0.2) is 86.9 Å². The van der Waals surface area contributed by atoms with Gasteiger partial charge in [-0.3, -0.25) is 9.59 Å². The number of anilines is 1. The second-order valence-corrected chi connectivity index (χ2v) is 12.7. The van der Waals surface area contributed by atoms with E-state index in [0.29, 0.717) is 35.3 Å². The number of benzene rings is 3. The minimum Gasteiger partial charge on any atom is -0.473 e. The lowest BCUT2D eigenvalue weighted by Gasteiger charge is -2.20. The molecule has 0 aliphatic rings. The average Bonchev–Trinajstić information content (AvgIpc) is 2.94. The summed E-state index contributed by atoms with van der Waals surface area (Å²) < 4.78 is 39.0. The Hall–Kier alpha value is -3.95. The molecule has 0 saturated carbocycles. The van der Waals surface area contributed by atoms with E-state index in [1.54, 1.807) is 38.1 Å². The first-order valence-corrected chi connectivity index (χ1v) is 15.0. The third-order valence-corrected chi connectivity index (χ3v) is 8.96. The third-order valence-electron chi connectivity index (χ3n) is 6.90. The fourth-order valence-electron chi connectivity index (χ4n) is 4.44. The summed E-state index contributed by atoms with van der Waals surface area (Å²) in [5.41, 5.74) is 2.14. The molecule has 3 aromatic carbocycles. The highest BCUT2D eigenvalue weighted by atomic mass is 32.2. The Balaban J connectivity index is 1.61. The number of hydrogen-bond acceptors (Lipinski definition) is 6. The van der Waals surface area contributed by atoms with Gasteiger partial charge >= 0.3 is 0 Å². The molecule has 1 N–H and O–H groups in total. The summed E-state index contributed by atoms with van der Waals surface area (Å²) in [5.74, 6) is -0.332. The number of nitrogens with zero attached hydrogens (tertiary/aromatic N) is 1. The van der Waals surface area contributed by atoms with Crippen LogP contribution in [0.1, 0.15) is 47.1 Å². The predicted molar refractivity (Wildman–Crippen MR) is 162 cm³/mol. The van der Waals surface area contributed by atoms with Gasteiger partial charge in [0.15, 0.2) is 11.9 Å². The van der Waals surface area contributed by atoms with Gasteiger partial charge in [0.2, 0.25) is 21.2 Å². The Kier molecular flexibility index (Phi) is 8.70. The van der Waals surface area contributed by atoms with Crippen LogP contribution < -0.4 is 15.5 Å². The average molecular weight is 577 g/mol. The van der Waals surface area contributed by atoms with Crippen molar-refractivity contribution in [1.29, 1.82) is 0 Å². The van der Waals surface area contributed by atoms with Crippen LogP contribution >= 0.6 is 0 Å². The molecule has 0 saturated heterocycles. The highest BCUT2D eigenvalue weighted by Gasteiger charge is 2.25. The van der Waals surface area contributed by atoms with Gasteiger partial charge in [-0.05, 0) is 54.3 Å². The molecule has 0 radical (unpaired) electrons. The minimum atomic E-state index is -3.62. The van der Waals surface area contributed by atoms with Crippen LogP contribution in [-0.4, -0.2) is 37.8 Å². The molecule has 0 fully saturated rings. The number of fused-ring (bicyclic) bond motifs is 1. The van der Waals surface area contributed by atoms with Gasteiger partial charge in [-0.1, -0.05) is 71.0 Å². The lowest BCUT2D eigenvalue weighted by Crippen LogP contribution is -2.32. The number of ether oxygens (including phenoxy) is 1. The first-order chi connectivity index (χ1) is 19.4. The van der Waals surface area contributed by atoms with Crippen molar-refractivity contribution in [2.24, 2.45) is 0 Å². The zero-order valence-corrected chi connectivity index (χ0v) is 25.0. The number of nitrogens with one attached hydrogen (secondary N) is 1. The van der Waals surface area contributed by atoms with Crippen LogP contribution in [0.3, 0.4) is 0 Å². The monoisotopic (exact) mass is 576 g/mol. The fraction of sp³-hybridized carbons (Fsp3) is 0.312. The van der Waals surface area contributed by atoms with Crippen LogP contribution in [0.5, 0.6) is 5.75 Å². The van der Waals surface area contributed by atoms with Gasteiger partial charge in [0.1, 0.15) is 5.58 Å². The van der Waals surface area contributed by atoms with Gasteiger partial charge in [-0.2, -0.15) is 4.31 Å². The summed E-state index contributed by atoms with van der Waals surface area (Å²) in [6.07, 6.45) is -1.06. The Morgan fingerprint density at radius 3 is 2.15 bits per heavy atom. The van der Waals surface area contributed by atoms with E-state index >= 15 is 0 Å². The molecule has 4 aromatic rings. The van der Waals surface area contributed by atoms with Crippen molar-refractivity contribution in [3.8, 4) is 17.1 Å². The van der Waals surface area contributed by atoms with Crippen molar-refractivity contribution >= 4 is 32.6 Å². The second kappa shape index (κ2) is 11.9. The maximum absolute atomic E-state index is 13.5. The van der Waals surface area contributed by atoms with Crippen molar-refractivity contribution in [3.05, 3.63) is 88.6 Å². The molecule has 1 aromatic heterocycles. The maximum Gasteiger partial charge on any atom is 0.265 e. The van der Waals surface area contributed by atoms with E-state index in [9.17, 15) is 18.0 Å². The van der Waals surface area contributed by atoms with Crippen molar-refractivity contribution < 1.29 is 22.4 Å². The molecule has 0 aliphatic carbocycles. The van der Waals surface area contributed by atoms with E-state index in [2.05, 4.69) is 26.1 Å². The first-order valence-electron chi connectivity index (χ1n) is 13.6. The number of carbonyl (C=O) groups excluding carboxylic acids is 1. The Morgan fingerprint density at radius 2 is 1.56 bits per heavy atom. The number of sulfonamides is 1. The summed E-state index contributed by atoms with van der Waals surface area (Å²) in [5, 5.41) is 3.08. The van der Waals surface area contributed by atoms with Crippen LogP contribution in [0.4, 0.5) is 5.69 Å². The summed E-state index contributed by atoms with van der Waals surface area (Å²) >= 11 is 0. The molecule has 1 heterocycles. The lowest BCUT2D eigenvalue weighted by atomic mass is 9.86. The highest BCUT2D eigenvalue weighted by molar-refractivity contribution is 7.89. The molecule has 1 amide bonds. The van der Waals surface area contributed by atoms with E-state index < -0.39 is 22.0 Å². The fourth-order valence-corrected chi connectivity index (χ4v) is 5.90. The topological polar surface area (TPSA) is 106 Å². The largest absolute Gasteiger partial charge is 0.473 e. The van der Waals surface area contributed by atoms with Crippen LogP contribution in [0.25, 0.3) is 22.3 Å². The van der Waals surface area contributed by atoms with Crippen LogP contribution in [0.2, 0.25) is 0 Å². The molecule has 1 atom stereocenters. The maximum atomic E-state index is 13.5. The summed E-state index contributed by atoms with van der Waals surface area (Å²) in [7, 11) is -3.62. The highest BCUT2D eigenvalue weighted by Crippen LogP contribution is 2.33. The standard InChI is InChI=1S/C32H36N2O6S/c1-7-34(8-2)41(37,38)25-19-17-24(18-20-25)33-31(36)21(3)39-30-28(35)26-11-9-10-12-27(26)40-29(30)22-13-15-23(16-14-22)32(4,5)6/h9-21H,7-8H2,1-6H3,(H,33,36). The lowest BCUT2D eigenvalue weighted by molar-refractivity contribution is -0.122. The summed E-state index contributed by atoms with van der Waals surface area (Å²) in [6.45, 7) is 12.2. The van der Waals surface area contributed by atoms with E-state index in [4.69, 9.17) is 9.15 Å². The Morgan fingerprint density at radius 1 is 0.951 bits per heavy atom. The molecule has 41 heavy (non-hydrogen) atoms. The summed E-state index contributed by atoms with van der Waals surface area (Å²) in [4.78, 5) is 26.7. The van der Waals surface area contributed by atoms with E-state index in [1.807, 2.05) is 24.3 Å². The number of para-hydroxylation sites is 1. The van der Waals surface area contributed by atoms with E-state index in [-0.39, 0.29) is 27.2 Å². The van der Waals surface area contributed by atoms with Crippen molar-refractivity contribution in [2.75, 3.05) is 18.4 Å². The SMILES string of the molecule is CCN(CC)S(=O)(=O)c1ccc(NC(=O)C(C)Oc2c(-c3ccc(C(C)(C)C)cc3)oc3ccccc3c2=O)cc1. The number of carbonyl (C=O) groups is 1. The van der Waals surface area contributed by atoms with Gasteiger partial charge in [-0.25, -0.2) is 8.42 Å². The van der Waals surface area contributed by atoms with Gasteiger partial charge in [0.25, 0.3) is 5.91 Å². The molecule has 216 valence electrons. The number of amides is 1. The van der Waals surface area contributed by atoms with Crippen molar-refractivity contribution in [3.63, 3.8) is 0 Å². The zero-order valence-electron chi connectivity index (χ0n) is 24.2. The predicted octanol–water partition coefficient (Wildman–Crippen LogP) is 6.19. The molecule has 0 spiro atoms. The van der Waals surface area contributed by atoms with Gasteiger partial charge in [0, 0.05) is 24.3 Å². The normalized spacial score (nSPS) is 12.9. The molecule has 1 unspecified atom stereocenters. The zero-order chi connectivity index (χ0) is 29.9. The van der Waals surface area contributed by atoms with Crippen molar-refractivity contribution in [1.82, 2.24) is 4.31 Å². The van der Waals surface area contributed by atoms with Gasteiger partial charge in [-0.15, -0.1) is 0 Å². The molecule has 9 heteroatoms. The molecular formula is C32H36N2O6S. The van der Waals surface area contributed by atoms with E-state index in [1.165, 1.54) is 35.5 Å². The minimum absolute atomic E-state index is 0.0531. The van der Waals surface area contributed by atoms with Crippen LogP contribution in [0, 0.1) is 0 Å². The van der Waals surface area contributed by atoms with Crippen molar-refractivity contribution in [2.45, 2.75) is 58.0 Å². The molecule has 0 bridgehead atoms. The van der Waals surface area contributed by atoms with Crippen LogP contribution in [-0.2, 0) is 20.2 Å². The summed E-state index contributed by atoms with van der Waals surface area (Å²) in [6, 6.07) is 20.5. The molecular weight excluding hydrogens is 540 g/mol.